The Hall–Kier alpha value is -2.55. The van der Waals surface area contributed by atoms with Crippen LogP contribution in [-0.2, 0) is 0 Å². The number of nitrogens with one attached hydrogen (secondary N) is 2. The maximum atomic E-state index is 12.1. The fraction of sp³-hybridized carbons (Fsp3) is 0.0625. The number of benzene rings is 2. The maximum Gasteiger partial charge on any atom is 0.190 e. The van der Waals surface area contributed by atoms with Crippen molar-refractivity contribution >= 4 is 16.6 Å². The fourth-order valence-corrected chi connectivity index (χ4v) is 2.18. The topological polar surface area (TPSA) is 44.9 Å². The second kappa shape index (κ2) is 4.61. The van der Waals surface area contributed by atoms with Gasteiger partial charge in [0, 0.05) is 29.9 Å². The SMILES string of the molecule is CNc1ccc2c(=O)cc(-c3ccccc3)[nH]c2c1. The zero-order chi connectivity index (χ0) is 13.2. The summed E-state index contributed by atoms with van der Waals surface area (Å²) in [7, 11) is 1.86. The van der Waals surface area contributed by atoms with Gasteiger partial charge in [0.05, 0.1) is 5.52 Å². The third-order valence-electron chi connectivity index (χ3n) is 3.20. The van der Waals surface area contributed by atoms with Crippen molar-refractivity contribution in [3.8, 4) is 11.3 Å². The molecule has 0 aliphatic rings. The summed E-state index contributed by atoms with van der Waals surface area (Å²) in [6, 6.07) is 17.2. The highest BCUT2D eigenvalue weighted by Gasteiger charge is 2.04. The highest BCUT2D eigenvalue weighted by Crippen LogP contribution is 2.20. The Labute approximate surface area is 110 Å². The van der Waals surface area contributed by atoms with Gasteiger partial charge in [0.15, 0.2) is 5.43 Å². The minimum absolute atomic E-state index is 0.0373. The molecule has 0 saturated heterocycles. The van der Waals surface area contributed by atoms with E-state index in [1.54, 1.807) is 6.07 Å². The zero-order valence-electron chi connectivity index (χ0n) is 10.6. The van der Waals surface area contributed by atoms with Crippen LogP contribution in [0.15, 0.2) is 59.4 Å². The molecule has 2 N–H and O–H groups in total. The van der Waals surface area contributed by atoms with Crippen molar-refractivity contribution in [2.45, 2.75) is 0 Å². The lowest BCUT2D eigenvalue weighted by Crippen LogP contribution is -2.03. The van der Waals surface area contributed by atoms with E-state index in [1.165, 1.54) is 0 Å². The predicted octanol–water partition coefficient (Wildman–Crippen LogP) is 3.24. The Morgan fingerprint density at radius 3 is 2.53 bits per heavy atom. The lowest BCUT2D eigenvalue weighted by atomic mass is 10.1. The average Bonchev–Trinajstić information content (AvgIpc) is 2.47. The van der Waals surface area contributed by atoms with Gasteiger partial charge in [-0.15, -0.1) is 0 Å². The normalized spacial score (nSPS) is 10.6. The summed E-state index contributed by atoms with van der Waals surface area (Å²) in [6.45, 7) is 0. The van der Waals surface area contributed by atoms with Gasteiger partial charge in [0.2, 0.25) is 0 Å². The van der Waals surface area contributed by atoms with Crippen molar-refractivity contribution in [3.05, 3.63) is 64.8 Å². The molecule has 94 valence electrons. The Morgan fingerprint density at radius 1 is 1.00 bits per heavy atom. The molecule has 0 unspecified atom stereocenters. The molecule has 3 heteroatoms. The molecule has 0 atom stereocenters. The van der Waals surface area contributed by atoms with Gasteiger partial charge in [-0.25, -0.2) is 0 Å². The van der Waals surface area contributed by atoms with Gasteiger partial charge in [-0.05, 0) is 23.8 Å². The zero-order valence-corrected chi connectivity index (χ0v) is 10.6. The van der Waals surface area contributed by atoms with E-state index in [-0.39, 0.29) is 5.43 Å². The first-order valence-electron chi connectivity index (χ1n) is 6.18. The van der Waals surface area contributed by atoms with E-state index in [2.05, 4.69) is 10.3 Å². The Bertz CT molecular complexity index is 776. The number of fused-ring (bicyclic) bond motifs is 1. The highest BCUT2D eigenvalue weighted by molar-refractivity contribution is 5.84. The van der Waals surface area contributed by atoms with Gasteiger partial charge in [-0.1, -0.05) is 30.3 Å². The van der Waals surface area contributed by atoms with E-state index < -0.39 is 0 Å². The van der Waals surface area contributed by atoms with Crippen LogP contribution < -0.4 is 10.7 Å². The van der Waals surface area contributed by atoms with E-state index in [0.29, 0.717) is 5.39 Å². The number of aromatic amines is 1. The van der Waals surface area contributed by atoms with E-state index in [1.807, 2.05) is 55.6 Å². The molecule has 1 aromatic heterocycles. The Balaban J connectivity index is 2.26. The van der Waals surface area contributed by atoms with Crippen LogP contribution in [0.25, 0.3) is 22.2 Å². The Morgan fingerprint density at radius 2 is 1.79 bits per heavy atom. The van der Waals surface area contributed by atoms with Crippen LogP contribution in [0.2, 0.25) is 0 Å². The number of hydrogen-bond acceptors (Lipinski definition) is 2. The van der Waals surface area contributed by atoms with Crippen molar-refractivity contribution < 1.29 is 0 Å². The van der Waals surface area contributed by atoms with Gasteiger partial charge in [0.25, 0.3) is 0 Å². The number of aromatic nitrogens is 1. The molecule has 0 aliphatic heterocycles. The molecule has 0 saturated carbocycles. The monoisotopic (exact) mass is 250 g/mol. The molecular weight excluding hydrogens is 236 g/mol. The summed E-state index contributed by atoms with van der Waals surface area (Å²) in [5, 5.41) is 3.78. The quantitative estimate of drug-likeness (QED) is 0.733. The van der Waals surface area contributed by atoms with Crippen LogP contribution in [0.4, 0.5) is 5.69 Å². The van der Waals surface area contributed by atoms with E-state index in [4.69, 9.17) is 0 Å². The molecule has 19 heavy (non-hydrogen) atoms. The van der Waals surface area contributed by atoms with Crippen molar-refractivity contribution in [1.82, 2.24) is 4.98 Å². The summed E-state index contributed by atoms with van der Waals surface area (Å²) in [5.74, 6) is 0. The molecule has 0 aliphatic carbocycles. The van der Waals surface area contributed by atoms with Crippen LogP contribution in [-0.4, -0.2) is 12.0 Å². The first-order valence-corrected chi connectivity index (χ1v) is 6.18. The minimum atomic E-state index is 0.0373. The molecule has 3 aromatic rings. The van der Waals surface area contributed by atoms with Crippen LogP contribution >= 0.6 is 0 Å². The largest absolute Gasteiger partial charge is 0.388 e. The summed E-state index contributed by atoms with van der Waals surface area (Å²) in [5.41, 5.74) is 3.71. The first kappa shape index (κ1) is 11.5. The minimum Gasteiger partial charge on any atom is -0.388 e. The van der Waals surface area contributed by atoms with E-state index >= 15 is 0 Å². The molecule has 0 fully saturated rings. The predicted molar refractivity (Wildman–Crippen MR) is 79.6 cm³/mol. The van der Waals surface area contributed by atoms with Gasteiger partial charge < -0.3 is 10.3 Å². The number of hydrogen-bond donors (Lipinski definition) is 2. The van der Waals surface area contributed by atoms with Crippen molar-refractivity contribution in [2.75, 3.05) is 12.4 Å². The molecule has 3 rings (SSSR count). The van der Waals surface area contributed by atoms with Crippen LogP contribution in [0, 0.1) is 0 Å². The highest BCUT2D eigenvalue weighted by atomic mass is 16.1. The Kier molecular flexibility index (Phi) is 2.80. The van der Waals surface area contributed by atoms with E-state index in [0.717, 1.165) is 22.5 Å². The smallest absolute Gasteiger partial charge is 0.190 e. The van der Waals surface area contributed by atoms with E-state index in [9.17, 15) is 4.79 Å². The summed E-state index contributed by atoms with van der Waals surface area (Å²) < 4.78 is 0. The van der Waals surface area contributed by atoms with Gasteiger partial charge in [0.1, 0.15) is 0 Å². The molecule has 0 radical (unpaired) electrons. The fourth-order valence-electron chi connectivity index (χ4n) is 2.18. The van der Waals surface area contributed by atoms with Gasteiger partial charge >= 0.3 is 0 Å². The number of anilines is 1. The van der Waals surface area contributed by atoms with Crippen molar-refractivity contribution in [2.24, 2.45) is 0 Å². The van der Waals surface area contributed by atoms with Crippen LogP contribution in [0.1, 0.15) is 0 Å². The molecular formula is C16H14N2O. The summed E-state index contributed by atoms with van der Waals surface area (Å²) in [4.78, 5) is 15.5. The van der Waals surface area contributed by atoms with Crippen LogP contribution in [0.3, 0.4) is 0 Å². The van der Waals surface area contributed by atoms with Crippen molar-refractivity contribution in [1.29, 1.82) is 0 Å². The standard InChI is InChI=1S/C16H14N2O/c1-17-12-7-8-13-15(9-12)18-14(10-16(13)19)11-5-3-2-4-6-11/h2-10,17H,1H3,(H,18,19). The lowest BCUT2D eigenvalue weighted by molar-refractivity contribution is 1.37. The number of H-pyrrole nitrogens is 1. The average molecular weight is 250 g/mol. The summed E-state index contributed by atoms with van der Waals surface area (Å²) in [6.07, 6.45) is 0. The lowest BCUT2D eigenvalue weighted by Gasteiger charge is -2.06. The molecule has 0 amide bonds. The number of pyridine rings is 1. The second-order valence-corrected chi connectivity index (χ2v) is 4.42. The molecule has 2 aromatic carbocycles. The molecule has 1 heterocycles. The van der Waals surface area contributed by atoms with Gasteiger partial charge in [-0.3, -0.25) is 4.79 Å². The molecule has 0 bridgehead atoms. The number of rotatable bonds is 2. The third-order valence-corrected chi connectivity index (χ3v) is 3.20. The molecule has 3 nitrogen and oxygen atoms in total. The van der Waals surface area contributed by atoms with Crippen LogP contribution in [0.5, 0.6) is 0 Å². The van der Waals surface area contributed by atoms with Gasteiger partial charge in [-0.2, -0.15) is 0 Å². The second-order valence-electron chi connectivity index (χ2n) is 4.42. The summed E-state index contributed by atoms with van der Waals surface area (Å²) >= 11 is 0. The van der Waals surface area contributed by atoms with Crippen molar-refractivity contribution in [3.63, 3.8) is 0 Å². The first-order chi connectivity index (χ1) is 9.28. The third kappa shape index (κ3) is 2.10. The maximum absolute atomic E-state index is 12.1. The molecule has 0 spiro atoms.